The van der Waals surface area contributed by atoms with Crippen LogP contribution in [-0.2, 0) is 0 Å². The van der Waals surface area contributed by atoms with E-state index in [0.29, 0.717) is 35.6 Å². The maximum atomic E-state index is 13.7. The Hall–Kier alpha value is -3.03. The molecule has 158 valence electrons. The van der Waals surface area contributed by atoms with Crippen molar-refractivity contribution >= 4 is 51.9 Å². The van der Waals surface area contributed by atoms with Crippen molar-refractivity contribution in [1.82, 2.24) is 0 Å². The van der Waals surface area contributed by atoms with Crippen molar-refractivity contribution < 1.29 is 18.8 Å². The second kappa shape index (κ2) is 8.61. The Labute approximate surface area is 187 Å². The Morgan fingerprint density at radius 1 is 1.16 bits per heavy atom. The Bertz CT molecular complexity index is 1210. The van der Waals surface area contributed by atoms with Gasteiger partial charge >= 0.3 is 0 Å². The number of thiophene rings is 1. The third-order valence-electron chi connectivity index (χ3n) is 5.19. The first-order valence-corrected chi connectivity index (χ1v) is 10.9. The second-order valence-corrected chi connectivity index (χ2v) is 8.50. The molecule has 0 spiro atoms. The van der Waals surface area contributed by atoms with Gasteiger partial charge in [0, 0.05) is 24.2 Å². The van der Waals surface area contributed by atoms with Crippen LogP contribution in [0.3, 0.4) is 0 Å². The maximum absolute atomic E-state index is 13.7. The van der Waals surface area contributed by atoms with Gasteiger partial charge in [0.05, 0.1) is 21.2 Å². The smallest absolute Gasteiger partial charge is 0.259 e. The van der Waals surface area contributed by atoms with Gasteiger partial charge in [-0.2, -0.15) is 0 Å². The highest BCUT2D eigenvalue weighted by Crippen LogP contribution is 2.33. The third kappa shape index (κ3) is 4.11. The first-order valence-electron chi connectivity index (χ1n) is 9.65. The van der Waals surface area contributed by atoms with Crippen LogP contribution >= 0.6 is 22.9 Å². The van der Waals surface area contributed by atoms with E-state index >= 15 is 0 Å². The summed E-state index contributed by atoms with van der Waals surface area (Å²) in [6.45, 7) is 1.95. The predicted octanol–water partition coefficient (Wildman–Crippen LogP) is 5.72. The van der Waals surface area contributed by atoms with Gasteiger partial charge in [-0.1, -0.05) is 17.7 Å². The van der Waals surface area contributed by atoms with E-state index in [1.807, 2.05) is 0 Å². The molecule has 0 saturated carbocycles. The molecule has 0 radical (unpaired) electrons. The van der Waals surface area contributed by atoms with E-state index in [0.717, 1.165) is 0 Å². The van der Waals surface area contributed by atoms with Crippen LogP contribution in [0.4, 0.5) is 15.8 Å². The standard InChI is InChI=1S/C23H18ClFN2O3S/c1-13-15(4-2-5-18(13)25)22(29)26-14-7-8-16(17(24)12-14)23(30)27-10-3-6-20(28)21-19(27)9-11-31-21/h2,4-5,7-9,11-12H,3,6,10H2,1H3,(H,26,29). The summed E-state index contributed by atoms with van der Waals surface area (Å²) in [6, 6.07) is 10.7. The van der Waals surface area contributed by atoms with Gasteiger partial charge in [-0.05, 0) is 60.7 Å². The number of carbonyl (C=O) groups excluding carboxylic acids is 3. The van der Waals surface area contributed by atoms with Crippen molar-refractivity contribution in [3.63, 3.8) is 0 Å². The lowest BCUT2D eigenvalue weighted by Gasteiger charge is -2.21. The third-order valence-corrected chi connectivity index (χ3v) is 6.45. The Balaban J connectivity index is 1.57. The van der Waals surface area contributed by atoms with E-state index in [1.54, 1.807) is 22.4 Å². The van der Waals surface area contributed by atoms with Gasteiger partial charge in [0.1, 0.15) is 5.82 Å². The van der Waals surface area contributed by atoms with Gasteiger partial charge in [0.15, 0.2) is 5.78 Å². The molecule has 8 heteroatoms. The fraction of sp³-hybridized carbons (Fsp3) is 0.174. The van der Waals surface area contributed by atoms with Crippen molar-refractivity contribution in [1.29, 1.82) is 0 Å². The number of fused-ring (bicyclic) bond motifs is 1. The quantitative estimate of drug-likeness (QED) is 0.547. The van der Waals surface area contributed by atoms with E-state index in [4.69, 9.17) is 11.6 Å². The number of nitrogens with zero attached hydrogens (tertiary/aromatic N) is 1. The van der Waals surface area contributed by atoms with Crippen molar-refractivity contribution in [2.24, 2.45) is 0 Å². The zero-order valence-electron chi connectivity index (χ0n) is 16.6. The minimum Gasteiger partial charge on any atom is -0.322 e. The number of benzene rings is 2. The molecule has 0 unspecified atom stereocenters. The average molecular weight is 457 g/mol. The van der Waals surface area contributed by atoms with E-state index < -0.39 is 11.7 Å². The van der Waals surface area contributed by atoms with Gasteiger partial charge in [0.2, 0.25) is 0 Å². The molecule has 3 aromatic rings. The topological polar surface area (TPSA) is 66.5 Å². The molecule has 2 aromatic carbocycles. The maximum Gasteiger partial charge on any atom is 0.259 e. The molecule has 0 bridgehead atoms. The van der Waals surface area contributed by atoms with Crippen molar-refractivity contribution in [2.45, 2.75) is 19.8 Å². The molecular weight excluding hydrogens is 439 g/mol. The van der Waals surface area contributed by atoms with Crippen LogP contribution in [0.5, 0.6) is 0 Å². The highest BCUT2D eigenvalue weighted by atomic mass is 35.5. The lowest BCUT2D eigenvalue weighted by molar-refractivity contribution is 0.0975. The van der Waals surface area contributed by atoms with Crippen LogP contribution in [0, 0.1) is 12.7 Å². The predicted molar refractivity (Wildman–Crippen MR) is 120 cm³/mol. The summed E-state index contributed by atoms with van der Waals surface area (Å²) < 4.78 is 13.7. The van der Waals surface area contributed by atoms with Crippen LogP contribution in [-0.4, -0.2) is 24.1 Å². The number of ketones is 1. The number of nitrogens with one attached hydrogen (secondary N) is 1. The lowest BCUT2D eigenvalue weighted by atomic mass is 10.1. The first-order chi connectivity index (χ1) is 14.9. The summed E-state index contributed by atoms with van der Waals surface area (Å²) in [7, 11) is 0. The number of rotatable bonds is 3. The molecule has 5 nitrogen and oxygen atoms in total. The molecule has 31 heavy (non-hydrogen) atoms. The highest BCUT2D eigenvalue weighted by molar-refractivity contribution is 7.12. The van der Waals surface area contributed by atoms with Gasteiger partial charge in [-0.3, -0.25) is 14.4 Å². The molecule has 1 aliphatic rings. The summed E-state index contributed by atoms with van der Waals surface area (Å²) in [4.78, 5) is 40.1. The second-order valence-electron chi connectivity index (χ2n) is 7.18. The van der Waals surface area contributed by atoms with Gasteiger partial charge in [0.25, 0.3) is 11.8 Å². The Kier molecular flexibility index (Phi) is 5.89. The SMILES string of the molecule is Cc1c(F)cccc1C(=O)Nc1ccc(C(=O)N2CCCC(=O)c3sccc32)c(Cl)c1. The molecular formula is C23H18ClFN2O3S. The van der Waals surface area contributed by atoms with Crippen LogP contribution in [0.2, 0.25) is 5.02 Å². The van der Waals surface area contributed by atoms with Gasteiger partial charge in [-0.15, -0.1) is 11.3 Å². The Morgan fingerprint density at radius 3 is 2.74 bits per heavy atom. The van der Waals surface area contributed by atoms with Crippen molar-refractivity contribution in [3.05, 3.63) is 80.3 Å². The highest BCUT2D eigenvalue weighted by Gasteiger charge is 2.28. The largest absolute Gasteiger partial charge is 0.322 e. The fourth-order valence-electron chi connectivity index (χ4n) is 3.53. The van der Waals surface area contributed by atoms with E-state index in [9.17, 15) is 18.8 Å². The number of Topliss-reactive ketones (excluding diaryl/α,β-unsaturated/α-hetero) is 1. The summed E-state index contributed by atoms with van der Waals surface area (Å²) in [5, 5.41) is 4.65. The van der Waals surface area contributed by atoms with Gasteiger partial charge in [-0.25, -0.2) is 4.39 Å². The van der Waals surface area contributed by atoms with Crippen LogP contribution in [0.1, 0.15) is 48.8 Å². The number of hydrogen-bond acceptors (Lipinski definition) is 4. The summed E-state index contributed by atoms with van der Waals surface area (Å²) in [5.74, 6) is -1.20. The fourth-order valence-corrected chi connectivity index (χ4v) is 4.66. The molecule has 2 heterocycles. The minimum atomic E-state index is -0.471. The normalized spacial score (nSPS) is 13.5. The number of hydrogen-bond donors (Lipinski definition) is 1. The summed E-state index contributed by atoms with van der Waals surface area (Å²) >= 11 is 7.70. The average Bonchev–Trinajstić information content (AvgIpc) is 3.16. The van der Waals surface area contributed by atoms with Crippen LogP contribution in [0.15, 0.2) is 47.8 Å². The Morgan fingerprint density at radius 2 is 1.97 bits per heavy atom. The van der Waals surface area contributed by atoms with Crippen LogP contribution < -0.4 is 10.2 Å². The molecule has 0 saturated heterocycles. The molecule has 1 N–H and O–H groups in total. The molecule has 0 aliphatic carbocycles. The number of amides is 2. The minimum absolute atomic E-state index is 0.0390. The van der Waals surface area contributed by atoms with Gasteiger partial charge < -0.3 is 10.2 Å². The summed E-state index contributed by atoms with van der Waals surface area (Å²) in [6.07, 6.45) is 0.972. The van der Waals surface area contributed by atoms with Crippen molar-refractivity contribution in [2.75, 3.05) is 16.8 Å². The van der Waals surface area contributed by atoms with Crippen molar-refractivity contribution in [3.8, 4) is 0 Å². The molecule has 1 aliphatic heterocycles. The molecule has 2 amide bonds. The monoisotopic (exact) mass is 456 g/mol. The zero-order valence-corrected chi connectivity index (χ0v) is 18.1. The van der Waals surface area contributed by atoms with E-state index in [2.05, 4.69) is 5.32 Å². The number of carbonyl (C=O) groups is 3. The van der Waals surface area contributed by atoms with E-state index in [1.165, 1.54) is 48.6 Å². The number of halogens is 2. The number of anilines is 2. The zero-order chi connectivity index (χ0) is 22.1. The first kappa shape index (κ1) is 21.2. The molecule has 1 aromatic heterocycles. The van der Waals surface area contributed by atoms with E-state index in [-0.39, 0.29) is 33.4 Å². The molecule has 0 fully saturated rings. The molecule has 4 rings (SSSR count). The van der Waals surface area contributed by atoms with Crippen LogP contribution in [0.25, 0.3) is 0 Å². The lowest BCUT2D eigenvalue weighted by Crippen LogP contribution is -2.31. The summed E-state index contributed by atoms with van der Waals surface area (Å²) in [5.41, 5.74) is 1.73. The molecule has 0 atom stereocenters.